The smallest absolute Gasteiger partial charge is 0.255 e. The lowest BCUT2D eigenvalue weighted by Crippen LogP contribution is -2.44. The average Bonchev–Trinajstić information content (AvgIpc) is 2.74. The Morgan fingerprint density at radius 1 is 1.14 bits per heavy atom. The van der Waals surface area contributed by atoms with Crippen molar-refractivity contribution in [2.75, 3.05) is 25.4 Å². The number of hydrogen-bond acceptors (Lipinski definition) is 5. The molecule has 8 heteroatoms. The summed E-state index contributed by atoms with van der Waals surface area (Å²) in [6.45, 7) is 6.65. The third-order valence-corrected chi connectivity index (χ3v) is 9.00. The zero-order chi connectivity index (χ0) is 20.6. The van der Waals surface area contributed by atoms with E-state index >= 15 is 0 Å². The summed E-state index contributed by atoms with van der Waals surface area (Å²) in [5, 5.41) is 0. The molecule has 1 atom stereocenters. The molecule has 1 N–H and O–H groups in total. The number of aromatic nitrogens is 2. The Kier molecular flexibility index (Phi) is 6.14. The number of fused-ring (bicyclic) bond motifs is 1. The molecular formula is C21H34N4O3S. The highest BCUT2D eigenvalue weighted by molar-refractivity contribution is 7.89. The number of rotatable bonds is 4. The van der Waals surface area contributed by atoms with Gasteiger partial charge in [-0.15, -0.1) is 0 Å². The van der Waals surface area contributed by atoms with Gasteiger partial charge in [-0.1, -0.05) is 6.92 Å². The lowest BCUT2D eigenvalue weighted by molar-refractivity contribution is 0.124. The second-order valence-electron chi connectivity index (χ2n) is 9.11. The number of hydrogen-bond donors (Lipinski definition) is 1. The van der Waals surface area contributed by atoms with E-state index in [0.29, 0.717) is 31.5 Å². The Morgan fingerprint density at radius 3 is 2.62 bits per heavy atom. The van der Waals surface area contributed by atoms with E-state index in [0.717, 1.165) is 43.0 Å². The van der Waals surface area contributed by atoms with Gasteiger partial charge in [0.15, 0.2) is 0 Å². The quantitative estimate of drug-likeness (QED) is 0.804. The predicted molar refractivity (Wildman–Crippen MR) is 113 cm³/mol. The molecule has 4 rings (SSSR count). The molecule has 29 heavy (non-hydrogen) atoms. The first-order chi connectivity index (χ1) is 13.9. The van der Waals surface area contributed by atoms with Crippen molar-refractivity contribution in [1.29, 1.82) is 0 Å². The van der Waals surface area contributed by atoms with Gasteiger partial charge in [0.25, 0.3) is 5.56 Å². The van der Waals surface area contributed by atoms with Crippen LogP contribution in [0.1, 0.15) is 75.4 Å². The number of sulfonamides is 1. The second-order valence-corrected chi connectivity index (χ2v) is 11.4. The maximum Gasteiger partial charge on any atom is 0.255 e. The number of nitrogens with zero attached hydrogens (tertiary/aromatic N) is 3. The third kappa shape index (κ3) is 4.44. The van der Waals surface area contributed by atoms with Crippen LogP contribution >= 0.6 is 0 Å². The van der Waals surface area contributed by atoms with Gasteiger partial charge in [0.2, 0.25) is 10.0 Å². The van der Waals surface area contributed by atoms with Gasteiger partial charge >= 0.3 is 0 Å². The summed E-state index contributed by atoms with van der Waals surface area (Å²) < 4.78 is 26.1. The molecule has 0 unspecified atom stereocenters. The highest BCUT2D eigenvalue weighted by Gasteiger charge is 2.32. The lowest BCUT2D eigenvalue weighted by Gasteiger charge is -2.38. The minimum Gasteiger partial charge on any atom is -0.310 e. The minimum absolute atomic E-state index is 0.0269. The maximum absolute atomic E-state index is 12.9. The third-order valence-electron chi connectivity index (χ3n) is 7.15. The number of aromatic amines is 1. The van der Waals surface area contributed by atoms with Gasteiger partial charge in [-0.3, -0.25) is 9.69 Å². The Balaban J connectivity index is 1.50. The average molecular weight is 423 g/mol. The van der Waals surface area contributed by atoms with Gasteiger partial charge in [-0.2, -0.15) is 0 Å². The number of nitrogens with one attached hydrogen (secondary N) is 1. The van der Waals surface area contributed by atoms with E-state index in [-0.39, 0.29) is 17.2 Å². The zero-order valence-electron chi connectivity index (χ0n) is 17.7. The zero-order valence-corrected chi connectivity index (χ0v) is 18.5. The Morgan fingerprint density at radius 2 is 1.90 bits per heavy atom. The molecule has 1 aliphatic carbocycles. The van der Waals surface area contributed by atoms with Crippen molar-refractivity contribution in [2.45, 2.75) is 77.3 Å². The predicted octanol–water partition coefficient (Wildman–Crippen LogP) is 2.24. The summed E-state index contributed by atoms with van der Waals surface area (Å²) in [7, 11) is -3.21. The van der Waals surface area contributed by atoms with Gasteiger partial charge in [0.05, 0.1) is 17.0 Å². The van der Waals surface area contributed by atoms with E-state index < -0.39 is 10.0 Å². The van der Waals surface area contributed by atoms with Crippen molar-refractivity contribution in [2.24, 2.45) is 5.92 Å². The molecule has 1 aromatic rings. The van der Waals surface area contributed by atoms with Crippen LogP contribution in [-0.2, 0) is 23.0 Å². The van der Waals surface area contributed by atoms with Crippen LogP contribution in [0.15, 0.2) is 4.79 Å². The fraction of sp³-hybridized carbons (Fsp3) is 0.810. The standard InChI is InChI=1S/C21H34N4O3S/c1-3-29(27,28)25-11-4-5-16(13-25)20-22-19-10-12-24(14-18(19)21(26)23-20)17-8-6-15(2)7-9-17/h15-17H,3-14H2,1-2H3,(H,22,23,26)/t15?,16-,17?/m1/s1. The molecule has 162 valence electrons. The van der Waals surface area contributed by atoms with Crippen LogP contribution in [0.3, 0.4) is 0 Å². The fourth-order valence-electron chi connectivity index (χ4n) is 5.18. The van der Waals surface area contributed by atoms with Gasteiger partial charge in [-0.05, 0) is 51.4 Å². The topological polar surface area (TPSA) is 86.4 Å². The first-order valence-corrected chi connectivity index (χ1v) is 12.8. The number of piperidine rings is 1. The van der Waals surface area contributed by atoms with Gasteiger partial charge in [-0.25, -0.2) is 17.7 Å². The molecule has 3 heterocycles. The van der Waals surface area contributed by atoms with Crippen LogP contribution in [0.2, 0.25) is 0 Å². The lowest BCUT2D eigenvalue weighted by atomic mass is 9.86. The highest BCUT2D eigenvalue weighted by atomic mass is 32.2. The van der Waals surface area contributed by atoms with E-state index in [2.05, 4.69) is 16.8 Å². The van der Waals surface area contributed by atoms with Crippen LogP contribution in [0.4, 0.5) is 0 Å². The molecule has 1 saturated heterocycles. The van der Waals surface area contributed by atoms with Crippen LogP contribution in [0.5, 0.6) is 0 Å². The summed E-state index contributed by atoms with van der Waals surface area (Å²) in [5.74, 6) is 1.58. The van der Waals surface area contributed by atoms with Crippen LogP contribution in [-0.4, -0.2) is 59.0 Å². The van der Waals surface area contributed by atoms with Crippen LogP contribution in [0.25, 0.3) is 0 Å². The van der Waals surface area contributed by atoms with Crippen molar-refractivity contribution in [3.63, 3.8) is 0 Å². The molecule has 1 aromatic heterocycles. The maximum atomic E-state index is 12.9. The normalized spacial score (nSPS) is 29.5. The first-order valence-electron chi connectivity index (χ1n) is 11.2. The van der Waals surface area contributed by atoms with Crippen LogP contribution in [0, 0.1) is 5.92 Å². The van der Waals surface area contributed by atoms with E-state index in [9.17, 15) is 13.2 Å². The van der Waals surface area contributed by atoms with Crippen LogP contribution < -0.4 is 5.56 Å². The SMILES string of the molecule is CCS(=O)(=O)N1CCC[C@@H](c2nc3c(c(=O)[nH]2)CN(C2CCC(C)CC2)CC3)C1. The molecule has 2 aliphatic heterocycles. The summed E-state index contributed by atoms with van der Waals surface area (Å²) in [4.78, 5) is 23.2. The van der Waals surface area contributed by atoms with E-state index in [1.54, 1.807) is 11.2 Å². The molecular weight excluding hydrogens is 388 g/mol. The second kappa shape index (κ2) is 8.47. The monoisotopic (exact) mass is 422 g/mol. The van der Waals surface area contributed by atoms with Crippen molar-refractivity contribution in [3.05, 3.63) is 27.4 Å². The van der Waals surface area contributed by atoms with Crippen molar-refractivity contribution in [1.82, 2.24) is 19.2 Å². The molecule has 0 spiro atoms. The van der Waals surface area contributed by atoms with Crippen molar-refractivity contribution in [3.8, 4) is 0 Å². The molecule has 2 fully saturated rings. The van der Waals surface area contributed by atoms with E-state index in [4.69, 9.17) is 4.98 Å². The summed E-state index contributed by atoms with van der Waals surface area (Å²) >= 11 is 0. The van der Waals surface area contributed by atoms with Crippen molar-refractivity contribution >= 4 is 10.0 Å². The molecule has 3 aliphatic rings. The van der Waals surface area contributed by atoms with E-state index in [1.807, 2.05) is 0 Å². The minimum atomic E-state index is -3.21. The summed E-state index contributed by atoms with van der Waals surface area (Å²) in [5.41, 5.74) is 1.70. The fourth-order valence-corrected chi connectivity index (χ4v) is 6.36. The Labute approximate surface area is 173 Å². The summed E-state index contributed by atoms with van der Waals surface area (Å²) in [6, 6.07) is 0.588. The molecule has 0 aromatic carbocycles. The van der Waals surface area contributed by atoms with Crippen molar-refractivity contribution < 1.29 is 8.42 Å². The Hall–Kier alpha value is -1.25. The van der Waals surface area contributed by atoms with Gasteiger partial charge in [0.1, 0.15) is 5.82 Å². The summed E-state index contributed by atoms with van der Waals surface area (Å²) in [6.07, 6.45) is 7.48. The number of H-pyrrole nitrogens is 1. The molecule has 0 amide bonds. The first kappa shape index (κ1) is 21.0. The molecule has 0 bridgehead atoms. The van der Waals surface area contributed by atoms with Gasteiger partial charge in [0, 0.05) is 44.6 Å². The van der Waals surface area contributed by atoms with Gasteiger partial charge < -0.3 is 4.98 Å². The largest absolute Gasteiger partial charge is 0.310 e. The van der Waals surface area contributed by atoms with E-state index in [1.165, 1.54) is 25.7 Å². The molecule has 0 radical (unpaired) electrons. The molecule has 7 nitrogen and oxygen atoms in total. The molecule has 1 saturated carbocycles. The Bertz CT molecular complexity index is 890. The highest BCUT2D eigenvalue weighted by Crippen LogP contribution is 2.30.